The maximum absolute atomic E-state index is 12.7. The van der Waals surface area contributed by atoms with Gasteiger partial charge in [-0.2, -0.15) is 0 Å². The van der Waals surface area contributed by atoms with E-state index in [2.05, 4.69) is 15.6 Å². The second-order valence-electron chi connectivity index (χ2n) is 7.11. The van der Waals surface area contributed by atoms with E-state index >= 15 is 0 Å². The maximum Gasteiger partial charge on any atom is 0.412 e. The monoisotopic (exact) mass is 431 g/mol. The van der Waals surface area contributed by atoms with Crippen LogP contribution in [0.1, 0.15) is 38.1 Å². The first-order valence-electron chi connectivity index (χ1n) is 9.33. The first-order valence-corrected chi connectivity index (χ1v) is 10.3. The van der Waals surface area contributed by atoms with Crippen molar-refractivity contribution in [2.75, 3.05) is 23.0 Å². The molecule has 30 heavy (non-hydrogen) atoms. The van der Waals surface area contributed by atoms with Crippen molar-refractivity contribution in [3.05, 3.63) is 48.2 Å². The number of pyridine rings is 1. The van der Waals surface area contributed by atoms with Gasteiger partial charge in [0.15, 0.2) is 0 Å². The van der Waals surface area contributed by atoms with E-state index in [0.717, 1.165) is 0 Å². The highest BCUT2D eigenvalue weighted by molar-refractivity contribution is 7.99. The van der Waals surface area contributed by atoms with Crippen LogP contribution in [-0.2, 0) is 14.3 Å². The fourth-order valence-electron chi connectivity index (χ4n) is 2.28. The number of hydrogen-bond donors (Lipinski definition) is 2. The Bertz CT molecular complexity index is 894. The third-order valence-corrected chi connectivity index (χ3v) is 4.36. The van der Waals surface area contributed by atoms with Gasteiger partial charge < -0.3 is 14.8 Å². The largest absolute Gasteiger partial charge is 0.465 e. The zero-order valence-electron chi connectivity index (χ0n) is 17.4. The van der Waals surface area contributed by atoms with Crippen molar-refractivity contribution in [1.82, 2.24) is 4.98 Å². The highest BCUT2D eigenvalue weighted by atomic mass is 32.2. The number of amides is 2. The number of carbonyl (C=O) groups excluding carboxylic acids is 3. The Morgan fingerprint density at radius 2 is 1.80 bits per heavy atom. The number of rotatable bonds is 7. The van der Waals surface area contributed by atoms with Gasteiger partial charge >= 0.3 is 12.1 Å². The van der Waals surface area contributed by atoms with Crippen LogP contribution in [0, 0.1) is 0 Å². The van der Waals surface area contributed by atoms with Crippen LogP contribution in [0.25, 0.3) is 0 Å². The average Bonchev–Trinajstić information content (AvgIpc) is 2.66. The van der Waals surface area contributed by atoms with E-state index in [0.29, 0.717) is 23.0 Å². The SMILES string of the molecule is CCOC(=O)CSc1ccc(NC(=O)c2ccccc2NC(=O)OC(C)(C)C)cn1. The van der Waals surface area contributed by atoms with Crippen molar-refractivity contribution in [2.45, 2.75) is 38.3 Å². The number of carbonyl (C=O) groups is 3. The molecule has 2 rings (SSSR count). The van der Waals surface area contributed by atoms with Crippen molar-refractivity contribution in [1.29, 1.82) is 0 Å². The lowest BCUT2D eigenvalue weighted by atomic mass is 10.1. The minimum absolute atomic E-state index is 0.163. The van der Waals surface area contributed by atoms with Crippen LogP contribution in [0.5, 0.6) is 0 Å². The predicted molar refractivity (Wildman–Crippen MR) is 116 cm³/mol. The number of ether oxygens (including phenoxy) is 2. The zero-order chi connectivity index (χ0) is 22.1. The van der Waals surface area contributed by atoms with Gasteiger partial charge in [-0.3, -0.25) is 14.9 Å². The van der Waals surface area contributed by atoms with Crippen molar-refractivity contribution in [3.8, 4) is 0 Å². The highest BCUT2D eigenvalue weighted by Gasteiger charge is 2.19. The molecule has 2 N–H and O–H groups in total. The first kappa shape index (κ1) is 23.2. The van der Waals surface area contributed by atoms with E-state index in [4.69, 9.17) is 9.47 Å². The Balaban J connectivity index is 2.01. The fraction of sp³-hybridized carbons (Fsp3) is 0.333. The number of nitrogens with one attached hydrogen (secondary N) is 2. The summed E-state index contributed by atoms with van der Waals surface area (Å²) in [5.74, 6) is -0.554. The topological polar surface area (TPSA) is 107 Å². The number of hydrogen-bond acceptors (Lipinski definition) is 7. The first-order chi connectivity index (χ1) is 14.2. The van der Waals surface area contributed by atoms with Crippen molar-refractivity contribution in [3.63, 3.8) is 0 Å². The molecule has 0 aliphatic heterocycles. The molecule has 1 aromatic heterocycles. The molecule has 1 heterocycles. The standard InChI is InChI=1S/C21H25N3O5S/c1-5-28-18(25)13-30-17-11-10-14(12-22-17)23-19(26)15-8-6-7-9-16(15)24-20(27)29-21(2,3)4/h6-12H,5,13H2,1-4H3,(H,23,26)(H,24,27). The van der Waals surface area contributed by atoms with E-state index < -0.39 is 17.6 Å². The average molecular weight is 432 g/mol. The van der Waals surface area contributed by atoms with Crippen LogP contribution >= 0.6 is 11.8 Å². The lowest BCUT2D eigenvalue weighted by Gasteiger charge is -2.20. The van der Waals surface area contributed by atoms with Gasteiger partial charge in [0.25, 0.3) is 5.91 Å². The molecule has 0 atom stereocenters. The summed E-state index contributed by atoms with van der Waals surface area (Å²) in [7, 11) is 0. The lowest BCUT2D eigenvalue weighted by Crippen LogP contribution is -2.28. The summed E-state index contributed by atoms with van der Waals surface area (Å²) < 4.78 is 10.1. The van der Waals surface area contributed by atoms with Crippen molar-refractivity contribution < 1.29 is 23.9 Å². The molecular formula is C21H25N3O5S. The molecule has 0 radical (unpaired) electrons. The van der Waals surface area contributed by atoms with Crippen LogP contribution in [0.15, 0.2) is 47.6 Å². The Kier molecular flexibility index (Phi) is 8.23. The number of esters is 1. The van der Waals surface area contributed by atoms with Crippen LogP contribution < -0.4 is 10.6 Å². The normalized spacial score (nSPS) is 10.8. The molecule has 0 saturated heterocycles. The van der Waals surface area contributed by atoms with Crippen LogP contribution in [-0.4, -0.2) is 40.9 Å². The molecule has 9 heteroatoms. The van der Waals surface area contributed by atoms with E-state index in [9.17, 15) is 14.4 Å². The van der Waals surface area contributed by atoms with E-state index in [-0.39, 0.29) is 17.3 Å². The number of benzene rings is 1. The maximum atomic E-state index is 12.7. The molecule has 0 fully saturated rings. The molecule has 0 bridgehead atoms. The Hall–Kier alpha value is -3.07. The predicted octanol–water partition coefficient (Wildman–Crippen LogP) is 4.34. The van der Waals surface area contributed by atoms with E-state index in [1.54, 1.807) is 64.1 Å². The minimum Gasteiger partial charge on any atom is -0.465 e. The fourth-order valence-corrected chi connectivity index (χ4v) is 2.92. The molecule has 0 spiro atoms. The van der Waals surface area contributed by atoms with Gasteiger partial charge in [-0.1, -0.05) is 23.9 Å². The molecule has 8 nitrogen and oxygen atoms in total. The summed E-state index contributed by atoms with van der Waals surface area (Å²) in [6.45, 7) is 7.36. The second kappa shape index (κ2) is 10.6. The Morgan fingerprint density at radius 3 is 2.43 bits per heavy atom. The van der Waals surface area contributed by atoms with Crippen LogP contribution in [0.4, 0.5) is 16.2 Å². The molecule has 0 aliphatic rings. The number of anilines is 2. The number of aromatic nitrogens is 1. The number of thioether (sulfide) groups is 1. The molecule has 2 aromatic rings. The molecule has 0 unspecified atom stereocenters. The van der Waals surface area contributed by atoms with E-state index in [1.807, 2.05) is 0 Å². The van der Waals surface area contributed by atoms with Gasteiger partial charge in [0.05, 0.1) is 40.5 Å². The zero-order valence-corrected chi connectivity index (χ0v) is 18.2. The lowest BCUT2D eigenvalue weighted by molar-refractivity contribution is -0.139. The molecule has 0 aliphatic carbocycles. The van der Waals surface area contributed by atoms with Crippen LogP contribution in [0.2, 0.25) is 0 Å². The van der Waals surface area contributed by atoms with Gasteiger partial charge in [0, 0.05) is 0 Å². The summed E-state index contributed by atoms with van der Waals surface area (Å²) in [5.41, 5.74) is 0.440. The summed E-state index contributed by atoms with van der Waals surface area (Å²) in [6, 6.07) is 10.0. The Labute approximate surface area is 179 Å². The van der Waals surface area contributed by atoms with Crippen molar-refractivity contribution >= 4 is 41.1 Å². The summed E-state index contributed by atoms with van der Waals surface area (Å²) in [6.07, 6.45) is 0.849. The smallest absolute Gasteiger partial charge is 0.412 e. The third kappa shape index (κ3) is 7.75. The van der Waals surface area contributed by atoms with Gasteiger partial charge in [-0.15, -0.1) is 0 Å². The summed E-state index contributed by atoms with van der Waals surface area (Å²) in [4.78, 5) is 40.3. The molecule has 0 saturated carbocycles. The van der Waals surface area contributed by atoms with Gasteiger partial charge in [-0.25, -0.2) is 9.78 Å². The Morgan fingerprint density at radius 1 is 1.07 bits per heavy atom. The third-order valence-electron chi connectivity index (χ3n) is 3.44. The van der Waals surface area contributed by atoms with Gasteiger partial charge in [-0.05, 0) is 52.0 Å². The molecule has 1 aromatic carbocycles. The van der Waals surface area contributed by atoms with Gasteiger partial charge in [0.2, 0.25) is 0 Å². The summed E-state index contributed by atoms with van der Waals surface area (Å²) >= 11 is 1.25. The van der Waals surface area contributed by atoms with Crippen molar-refractivity contribution in [2.24, 2.45) is 0 Å². The second-order valence-corrected chi connectivity index (χ2v) is 8.10. The highest BCUT2D eigenvalue weighted by Crippen LogP contribution is 2.20. The van der Waals surface area contributed by atoms with Crippen LogP contribution in [0.3, 0.4) is 0 Å². The van der Waals surface area contributed by atoms with Gasteiger partial charge in [0.1, 0.15) is 5.60 Å². The quantitative estimate of drug-likeness (QED) is 0.496. The summed E-state index contributed by atoms with van der Waals surface area (Å²) in [5, 5.41) is 5.97. The number of nitrogens with zero attached hydrogens (tertiary/aromatic N) is 1. The minimum atomic E-state index is -0.653. The molecule has 160 valence electrons. The number of para-hydroxylation sites is 1. The molecule has 2 amide bonds. The molecular weight excluding hydrogens is 406 g/mol. The van der Waals surface area contributed by atoms with E-state index in [1.165, 1.54) is 18.0 Å².